The van der Waals surface area contributed by atoms with Crippen molar-refractivity contribution in [2.45, 2.75) is 78.1 Å². The average Bonchev–Trinajstić information content (AvgIpc) is 2.67. The molecule has 0 spiro atoms. The van der Waals surface area contributed by atoms with Crippen molar-refractivity contribution in [2.75, 3.05) is 0 Å². The Hall–Kier alpha value is -2.55. The highest BCUT2D eigenvalue weighted by molar-refractivity contribution is 5.64. The molecule has 3 rings (SSSR count). The fourth-order valence-electron chi connectivity index (χ4n) is 3.79. The van der Waals surface area contributed by atoms with Gasteiger partial charge in [0.2, 0.25) is 0 Å². The molecule has 0 unspecified atom stereocenters. The summed E-state index contributed by atoms with van der Waals surface area (Å²) in [5, 5.41) is 0. The van der Waals surface area contributed by atoms with E-state index in [1.54, 1.807) is 0 Å². The van der Waals surface area contributed by atoms with Gasteiger partial charge in [0, 0.05) is 41.5 Å². The van der Waals surface area contributed by atoms with Crippen molar-refractivity contribution in [3.63, 3.8) is 0 Å². The number of nitrogens with zero attached hydrogens (tertiary/aromatic N) is 3. The third-order valence-corrected chi connectivity index (χ3v) is 5.69. The van der Waals surface area contributed by atoms with Crippen LogP contribution in [-0.2, 0) is 22.7 Å². The molecule has 0 aliphatic rings. The van der Waals surface area contributed by atoms with Crippen LogP contribution in [-0.4, -0.2) is 15.0 Å². The van der Waals surface area contributed by atoms with Crippen LogP contribution in [0.4, 0.5) is 0 Å². The van der Waals surface area contributed by atoms with Crippen molar-refractivity contribution >= 4 is 0 Å². The number of hydrogen-bond donors (Lipinski definition) is 0. The molecule has 0 aliphatic carbocycles. The van der Waals surface area contributed by atoms with E-state index in [0.29, 0.717) is 0 Å². The molecule has 0 aliphatic heterocycles. The average molecular weight is 402 g/mol. The predicted molar refractivity (Wildman–Crippen MR) is 126 cm³/mol. The Morgan fingerprint density at radius 1 is 0.700 bits per heavy atom. The molecule has 3 aromatic heterocycles. The Morgan fingerprint density at radius 2 is 1.43 bits per heavy atom. The van der Waals surface area contributed by atoms with Crippen LogP contribution in [0.15, 0.2) is 55.1 Å². The fourth-order valence-corrected chi connectivity index (χ4v) is 3.79. The monoisotopic (exact) mass is 401 g/mol. The maximum Gasteiger partial charge on any atom is 0.0720 e. The minimum atomic E-state index is -0.0295. The van der Waals surface area contributed by atoms with Gasteiger partial charge in [-0.1, -0.05) is 67.5 Å². The molecule has 0 atom stereocenters. The summed E-state index contributed by atoms with van der Waals surface area (Å²) in [4.78, 5) is 13.9. The van der Waals surface area contributed by atoms with Crippen LogP contribution in [0.25, 0.3) is 11.3 Å². The van der Waals surface area contributed by atoms with Crippen LogP contribution in [0, 0.1) is 0 Å². The zero-order valence-corrected chi connectivity index (χ0v) is 19.7. The van der Waals surface area contributed by atoms with Crippen LogP contribution < -0.4 is 0 Å². The van der Waals surface area contributed by atoms with E-state index in [4.69, 9.17) is 9.97 Å². The van der Waals surface area contributed by atoms with E-state index in [1.807, 2.05) is 24.8 Å². The second kappa shape index (κ2) is 7.94. The summed E-state index contributed by atoms with van der Waals surface area (Å²) in [6.45, 7) is 17.8. The number of aromatic nitrogens is 3. The van der Waals surface area contributed by atoms with Gasteiger partial charge in [0.05, 0.1) is 5.69 Å². The maximum absolute atomic E-state index is 4.82. The first kappa shape index (κ1) is 22.1. The zero-order chi connectivity index (χ0) is 22.2. The highest BCUT2D eigenvalue weighted by Crippen LogP contribution is 2.33. The third kappa shape index (κ3) is 4.95. The molecule has 0 aromatic carbocycles. The Kier molecular flexibility index (Phi) is 5.86. The molecule has 3 nitrogen and oxygen atoms in total. The van der Waals surface area contributed by atoms with E-state index in [0.717, 1.165) is 23.4 Å². The van der Waals surface area contributed by atoms with Crippen LogP contribution >= 0.6 is 0 Å². The summed E-state index contributed by atoms with van der Waals surface area (Å²) < 4.78 is 0. The molecule has 3 heteroatoms. The SMILES string of the molecule is CC(C)(C)c1ccc(CC(C)(C)c2ccc(-c3cnccc3C(C)(C)C)nc2)cn1. The van der Waals surface area contributed by atoms with Gasteiger partial charge >= 0.3 is 0 Å². The van der Waals surface area contributed by atoms with Crippen molar-refractivity contribution < 1.29 is 0 Å². The van der Waals surface area contributed by atoms with E-state index < -0.39 is 0 Å². The van der Waals surface area contributed by atoms with Gasteiger partial charge in [0.15, 0.2) is 0 Å². The highest BCUT2D eigenvalue weighted by Gasteiger charge is 2.24. The van der Waals surface area contributed by atoms with E-state index in [9.17, 15) is 0 Å². The summed E-state index contributed by atoms with van der Waals surface area (Å²) >= 11 is 0. The molecular formula is C27H35N3. The number of rotatable bonds is 4. The zero-order valence-electron chi connectivity index (χ0n) is 19.7. The van der Waals surface area contributed by atoms with E-state index in [1.165, 1.54) is 16.7 Å². The van der Waals surface area contributed by atoms with Crippen molar-refractivity contribution in [3.05, 3.63) is 77.5 Å². The lowest BCUT2D eigenvalue weighted by Crippen LogP contribution is -2.21. The standard InChI is InChI=1S/C27H35N3/c1-25(2,3)22-13-14-28-18-21(22)23-11-10-20(17-29-23)27(7,8)15-19-9-12-24(30-16-19)26(4,5)6/h9-14,16-18H,15H2,1-8H3. The lowest BCUT2D eigenvalue weighted by molar-refractivity contribution is 0.517. The molecule has 3 heterocycles. The first-order valence-electron chi connectivity index (χ1n) is 10.7. The Bertz CT molecular complexity index is 986. The van der Waals surface area contributed by atoms with Crippen LogP contribution in [0.5, 0.6) is 0 Å². The molecule has 0 amide bonds. The quantitative estimate of drug-likeness (QED) is 0.491. The Morgan fingerprint density at radius 3 is 1.97 bits per heavy atom. The van der Waals surface area contributed by atoms with Gasteiger partial charge in [-0.15, -0.1) is 0 Å². The molecule has 30 heavy (non-hydrogen) atoms. The molecule has 0 bridgehead atoms. The second-order valence-electron chi connectivity index (χ2n) is 11.0. The minimum Gasteiger partial charge on any atom is -0.264 e. The van der Waals surface area contributed by atoms with Gasteiger partial charge in [-0.05, 0) is 52.1 Å². The highest BCUT2D eigenvalue weighted by atomic mass is 14.7. The predicted octanol–water partition coefficient (Wildman–Crippen LogP) is 6.65. The van der Waals surface area contributed by atoms with Gasteiger partial charge in [-0.3, -0.25) is 15.0 Å². The summed E-state index contributed by atoms with van der Waals surface area (Å²) in [5.74, 6) is 0. The van der Waals surface area contributed by atoms with Crippen molar-refractivity contribution in [1.29, 1.82) is 0 Å². The van der Waals surface area contributed by atoms with Gasteiger partial charge in [0.1, 0.15) is 0 Å². The van der Waals surface area contributed by atoms with Crippen LogP contribution in [0.3, 0.4) is 0 Å². The molecule has 3 aromatic rings. The first-order valence-corrected chi connectivity index (χ1v) is 10.7. The lowest BCUT2D eigenvalue weighted by Gasteiger charge is -2.26. The maximum atomic E-state index is 4.82. The third-order valence-electron chi connectivity index (χ3n) is 5.69. The van der Waals surface area contributed by atoms with Gasteiger partial charge in [-0.25, -0.2) is 0 Å². The summed E-state index contributed by atoms with van der Waals surface area (Å²) in [6.07, 6.45) is 8.75. The molecule has 0 saturated heterocycles. The molecule has 158 valence electrons. The fraction of sp³-hybridized carbons (Fsp3) is 0.444. The van der Waals surface area contributed by atoms with Crippen LogP contribution in [0.2, 0.25) is 0 Å². The smallest absolute Gasteiger partial charge is 0.0720 e. The number of pyridine rings is 3. The lowest BCUT2D eigenvalue weighted by atomic mass is 9.79. The molecule has 0 N–H and O–H groups in total. The van der Waals surface area contributed by atoms with Gasteiger partial charge in [-0.2, -0.15) is 0 Å². The molecular weight excluding hydrogens is 366 g/mol. The molecule has 0 fully saturated rings. The van der Waals surface area contributed by atoms with E-state index >= 15 is 0 Å². The largest absolute Gasteiger partial charge is 0.264 e. The second-order valence-corrected chi connectivity index (χ2v) is 11.0. The van der Waals surface area contributed by atoms with E-state index in [-0.39, 0.29) is 16.2 Å². The molecule has 0 radical (unpaired) electrons. The minimum absolute atomic E-state index is 0.0295. The summed E-state index contributed by atoms with van der Waals surface area (Å²) in [6, 6.07) is 10.8. The normalized spacial score (nSPS) is 12.8. The Labute approximate surface area is 182 Å². The van der Waals surface area contributed by atoms with Crippen molar-refractivity contribution in [1.82, 2.24) is 15.0 Å². The van der Waals surface area contributed by atoms with Crippen LogP contribution in [0.1, 0.15) is 77.8 Å². The van der Waals surface area contributed by atoms with Crippen molar-refractivity contribution in [2.24, 2.45) is 0 Å². The van der Waals surface area contributed by atoms with Gasteiger partial charge in [0.25, 0.3) is 0 Å². The topological polar surface area (TPSA) is 38.7 Å². The van der Waals surface area contributed by atoms with Gasteiger partial charge < -0.3 is 0 Å². The Balaban J connectivity index is 1.84. The van der Waals surface area contributed by atoms with Crippen molar-refractivity contribution in [3.8, 4) is 11.3 Å². The summed E-state index contributed by atoms with van der Waals surface area (Å²) in [7, 11) is 0. The first-order chi connectivity index (χ1) is 13.9. The molecule has 0 saturated carbocycles. The summed E-state index contributed by atoms with van der Waals surface area (Å²) in [5.41, 5.74) is 7.05. The van der Waals surface area contributed by atoms with E-state index in [2.05, 4.69) is 90.7 Å². The number of hydrogen-bond acceptors (Lipinski definition) is 3.